The zero-order valence-electron chi connectivity index (χ0n) is 13.5. The second-order valence-electron chi connectivity index (χ2n) is 5.19. The SMILES string of the molecule is COc1cccc(/C=N\NC(=O)c2cc3cc([N+](=O)[O-])ccc3o2)c1O. The van der Waals surface area contributed by atoms with E-state index in [0.717, 1.165) is 0 Å². The fourth-order valence-corrected chi connectivity index (χ4v) is 2.28. The molecule has 0 atom stereocenters. The van der Waals surface area contributed by atoms with Crippen LogP contribution < -0.4 is 10.2 Å². The molecule has 3 rings (SSSR count). The minimum absolute atomic E-state index is 0.0486. The highest BCUT2D eigenvalue weighted by atomic mass is 16.6. The van der Waals surface area contributed by atoms with Gasteiger partial charge < -0.3 is 14.3 Å². The van der Waals surface area contributed by atoms with Gasteiger partial charge in [0.25, 0.3) is 5.69 Å². The third-order valence-electron chi connectivity index (χ3n) is 3.55. The Labute approximate surface area is 146 Å². The number of nitro benzene ring substituents is 1. The second-order valence-corrected chi connectivity index (χ2v) is 5.19. The molecule has 1 aromatic heterocycles. The molecule has 0 bridgehead atoms. The van der Waals surface area contributed by atoms with Gasteiger partial charge in [-0.2, -0.15) is 5.10 Å². The average Bonchev–Trinajstić information content (AvgIpc) is 3.06. The van der Waals surface area contributed by atoms with Crippen LogP contribution in [-0.4, -0.2) is 29.3 Å². The first-order valence-electron chi connectivity index (χ1n) is 7.37. The highest BCUT2D eigenvalue weighted by Crippen LogP contribution is 2.28. The fourth-order valence-electron chi connectivity index (χ4n) is 2.28. The van der Waals surface area contributed by atoms with Crippen molar-refractivity contribution in [1.82, 2.24) is 5.43 Å². The van der Waals surface area contributed by atoms with Crippen LogP contribution in [0, 0.1) is 10.1 Å². The molecule has 26 heavy (non-hydrogen) atoms. The summed E-state index contributed by atoms with van der Waals surface area (Å²) < 4.78 is 10.3. The lowest BCUT2D eigenvalue weighted by Gasteiger charge is -2.04. The molecule has 2 aromatic carbocycles. The molecule has 0 fully saturated rings. The number of phenolic OH excluding ortho intramolecular Hbond substituents is 1. The molecule has 0 aliphatic heterocycles. The third-order valence-corrected chi connectivity index (χ3v) is 3.55. The Morgan fingerprint density at radius 1 is 1.35 bits per heavy atom. The van der Waals surface area contributed by atoms with E-state index >= 15 is 0 Å². The summed E-state index contributed by atoms with van der Waals surface area (Å²) in [4.78, 5) is 22.3. The molecule has 3 aromatic rings. The van der Waals surface area contributed by atoms with Gasteiger partial charge in [0.05, 0.1) is 18.2 Å². The van der Waals surface area contributed by atoms with Crippen LogP contribution in [0.25, 0.3) is 11.0 Å². The van der Waals surface area contributed by atoms with E-state index in [-0.39, 0.29) is 22.9 Å². The van der Waals surface area contributed by atoms with E-state index < -0.39 is 10.8 Å². The predicted molar refractivity (Wildman–Crippen MR) is 92.6 cm³/mol. The minimum Gasteiger partial charge on any atom is -0.504 e. The molecule has 9 heteroatoms. The molecular weight excluding hydrogens is 342 g/mol. The average molecular weight is 355 g/mol. The van der Waals surface area contributed by atoms with E-state index in [1.165, 1.54) is 37.6 Å². The Morgan fingerprint density at radius 2 is 2.15 bits per heavy atom. The molecule has 0 radical (unpaired) electrons. The van der Waals surface area contributed by atoms with Crippen LogP contribution in [0.1, 0.15) is 16.1 Å². The van der Waals surface area contributed by atoms with Gasteiger partial charge in [0.1, 0.15) is 5.58 Å². The molecule has 0 spiro atoms. The Bertz CT molecular complexity index is 1020. The molecule has 0 unspecified atom stereocenters. The summed E-state index contributed by atoms with van der Waals surface area (Å²) in [6, 6.07) is 10.2. The molecule has 2 N–H and O–H groups in total. The summed E-state index contributed by atoms with van der Waals surface area (Å²) >= 11 is 0. The number of ether oxygens (including phenoxy) is 1. The zero-order chi connectivity index (χ0) is 18.7. The number of carbonyl (C=O) groups is 1. The number of methoxy groups -OCH3 is 1. The minimum atomic E-state index is -0.637. The summed E-state index contributed by atoms with van der Waals surface area (Å²) in [6.07, 6.45) is 1.25. The maximum Gasteiger partial charge on any atom is 0.307 e. The summed E-state index contributed by atoms with van der Waals surface area (Å²) in [5.41, 5.74) is 2.86. The van der Waals surface area contributed by atoms with Crippen molar-refractivity contribution in [2.75, 3.05) is 7.11 Å². The monoisotopic (exact) mass is 355 g/mol. The van der Waals surface area contributed by atoms with Crippen molar-refractivity contribution in [2.24, 2.45) is 5.10 Å². The van der Waals surface area contributed by atoms with E-state index in [4.69, 9.17) is 9.15 Å². The number of non-ortho nitro benzene ring substituents is 1. The number of furan rings is 1. The van der Waals surface area contributed by atoms with E-state index in [1.807, 2.05) is 0 Å². The topological polar surface area (TPSA) is 127 Å². The predicted octanol–water partition coefficient (Wildman–Crippen LogP) is 2.82. The number of phenols is 1. The van der Waals surface area contributed by atoms with Gasteiger partial charge >= 0.3 is 5.91 Å². The first-order chi connectivity index (χ1) is 12.5. The molecule has 9 nitrogen and oxygen atoms in total. The molecule has 0 saturated carbocycles. The van der Waals surface area contributed by atoms with Crippen molar-refractivity contribution in [3.05, 3.63) is 63.9 Å². The Kier molecular flexibility index (Phi) is 4.52. The van der Waals surface area contributed by atoms with Crippen molar-refractivity contribution < 1.29 is 24.0 Å². The number of nitrogens with one attached hydrogen (secondary N) is 1. The summed E-state index contributed by atoms with van der Waals surface area (Å²) in [7, 11) is 1.42. The first kappa shape index (κ1) is 17.0. The normalized spacial score (nSPS) is 11.0. The van der Waals surface area contributed by atoms with Gasteiger partial charge in [-0.1, -0.05) is 6.07 Å². The van der Waals surface area contributed by atoms with Crippen LogP contribution >= 0.6 is 0 Å². The Morgan fingerprint density at radius 3 is 2.88 bits per heavy atom. The quantitative estimate of drug-likeness (QED) is 0.411. The van der Waals surface area contributed by atoms with Crippen LogP contribution in [0.4, 0.5) is 5.69 Å². The summed E-state index contributed by atoms with van der Waals surface area (Å²) in [5, 5.41) is 24.9. The molecule has 0 saturated heterocycles. The zero-order valence-corrected chi connectivity index (χ0v) is 13.5. The third kappa shape index (κ3) is 3.31. The number of benzene rings is 2. The highest BCUT2D eigenvalue weighted by Gasteiger charge is 2.14. The number of rotatable bonds is 5. The largest absolute Gasteiger partial charge is 0.504 e. The van der Waals surface area contributed by atoms with Gasteiger partial charge in [0.2, 0.25) is 0 Å². The summed E-state index contributed by atoms with van der Waals surface area (Å²) in [6.45, 7) is 0. The van der Waals surface area contributed by atoms with E-state index in [0.29, 0.717) is 16.5 Å². The standard InChI is InChI=1S/C17H13N3O6/c1-25-14-4-2-3-10(16(14)21)9-18-19-17(22)15-8-11-7-12(20(23)24)5-6-13(11)26-15/h2-9,21H,1H3,(H,19,22)/b18-9-. The number of carbonyl (C=O) groups excluding carboxylic acids is 1. The van der Waals surface area contributed by atoms with Crippen molar-refractivity contribution in [3.8, 4) is 11.5 Å². The van der Waals surface area contributed by atoms with Gasteiger partial charge in [-0.25, -0.2) is 5.43 Å². The second kappa shape index (κ2) is 6.93. The lowest BCUT2D eigenvalue weighted by molar-refractivity contribution is -0.384. The maximum absolute atomic E-state index is 12.1. The lowest BCUT2D eigenvalue weighted by Crippen LogP contribution is -2.16. The van der Waals surface area contributed by atoms with Crippen LogP contribution in [0.5, 0.6) is 11.5 Å². The van der Waals surface area contributed by atoms with Crippen molar-refractivity contribution in [3.63, 3.8) is 0 Å². The van der Waals surface area contributed by atoms with Crippen LogP contribution in [0.15, 0.2) is 52.0 Å². The Balaban J connectivity index is 1.76. The number of hydrogen-bond acceptors (Lipinski definition) is 7. The molecule has 0 aliphatic rings. The van der Waals surface area contributed by atoms with E-state index in [2.05, 4.69) is 10.5 Å². The van der Waals surface area contributed by atoms with E-state index in [1.54, 1.807) is 18.2 Å². The first-order valence-corrected chi connectivity index (χ1v) is 7.37. The molecule has 1 amide bonds. The van der Waals surface area contributed by atoms with E-state index in [9.17, 15) is 20.0 Å². The highest BCUT2D eigenvalue weighted by molar-refractivity contribution is 5.97. The number of nitro groups is 1. The Hall–Kier alpha value is -3.88. The van der Waals surface area contributed by atoms with Crippen LogP contribution in [-0.2, 0) is 0 Å². The number of fused-ring (bicyclic) bond motifs is 1. The van der Waals surface area contributed by atoms with Gasteiger partial charge in [0, 0.05) is 23.1 Å². The molecular formula is C17H13N3O6. The smallest absolute Gasteiger partial charge is 0.307 e. The van der Waals surface area contributed by atoms with Crippen molar-refractivity contribution in [1.29, 1.82) is 0 Å². The lowest BCUT2D eigenvalue weighted by atomic mass is 10.2. The molecule has 132 valence electrons. The van der Waals surface area contributed by atoms with Gasteiger partial charge in [-0.15, -0.1) is 0 Å². The number of hydrazone groups is 1. The number of para-hydroxylation sites is 1. The van der Waals surface area contributed by atoms with Crippen LogP contribution in [0.3, 0.4) is 0 Å². The van der Waals surface area contributed by atoms with Crippen molar-refractivity contribution >= 4 is 28.8 Å². The van der Waals surface area contributed by atoms with Gasteiger partial charge in [-0.3, -0.25) is 14.9 Å². The molecule has 1 heterocycles. The molecule has 0 aliphatic carbocycles. The number of hydrogen-bond donors (Lipinski definition) is 2. The number of amides is 1. The van der Waals surface area contributed by atoms with Crippen LogP contribution in [0.2, 0.25) is 0 Å². The van der Waals surface area contributed by atoms with Gasteiger partial charge in [0.15, 0.2) is 17.3 Å². The number of nitrogens with zero attached hydrogens (tertiary/aromatic N) is 2. The van der Waals surface area contributed by atoms with Crippen molar-refractivity contribution in [2.45, 2.75) is 0 Å². The van der Waals surface area contributed by atoms with Gasteiger partial charge in [-0.05, 0) is 24.3 Å². The summed E-state index contributed by atoms with van der Waals surface area (Å²) in [5.74, 6) is -0.516. The fraction of sp³-hybridized carbons (Fsp3) is 0.0588. The number of aromatic hydroxyl groups is 1. The maximum atomic E-state index is 12.1.